The molecule has 1 fully saturated rings. The van der Waals surface area contributed by atoms with Crippen LogP contribution >= 0.6 is 0 Å². The summed E-state index contributed by atoms with van der Waals surface area (Å²) in [6.45, 7) is 5.21. The van der Waals surface area contributed by atoms with E-state index in [1.165, 1.54) is 37.7 Å². The summed E-state index contributed by atoms with van der Waals surface area (Å²) in [5, 5.41) is 3.36. The highest BCUT2D eigenvalue weighted by Gasteiger charge is 2.25. The molecule has 0 bridgehead atoms. The van der Waals surface area contributed by atoms with E-state index in [9.17, 15) is 0 Å². The topological polar surface area (TPSA) is 34.2 Å². The third-order valence-electron chi connectivity index (χ3n) is 4.16. The lowest BCUT2D eigenvalue weighted by atomic mass is 9.83. The Kier molecular flexibility index (Phi) is 5.84. The number of pyridine rings is 1. The zero-order valence-corrected chi connectivity index (χ0v) is 13.1. The summed E-state index contributed by atoms with van der Waals surface area (Å²) in [6, 6.07) is 2.20. The van der Waals surface area contributed by atoms with Crippen LogP contribution in [0.25, 0.3) is 0 Å². The van der Waals surface area contributed by atoms with Gasteiger partial charge in [-0.1, -0.05) is 19.3 Å². The van der Waals surface area contributed by atoms with E-state index in [4.69, 9.17) is 4.74 Å². The predicted octanol–water partition coefficient (Wildman–Crippen LogP) is 3.75. The maximum absolute atomic E-state index is 5.79. The molecule has 0 aliphatic heterocycles. The average molecular weight is 276 g/mol. The number of hydrogen-bond donors (Lipinski definition) is 1. The molecule has 1 aromatic rings. The molecule has 0 radical (unpaired) electrons. The van der Waals surface area contributed by atoms with Gasteiger partial charge in [-0.25, -0.2) is 0 Å². The van der Waals surface area contributed by atoms with Gasteiger partial charge in [-0.15, -0.1) is 0 Å². The van der Waals surface area contributed by atoms with Crippen LogP contribution in [0.15, 0.2) is 18.5 Å². The Bertz CT molecular complexity index is 406. The van der Waals surface area contributed by atoms with Crippen molar-refractivity contribution in [3.8, 4) is 5.75 Å². The molecule has 112 valence electrons. The Morgan fingerprint density at radius 3 is 2.80 bits per heavy atom. The van der Waals surface area contributed by atoms with Crippen LogP contribution < -0.4 is 10.1 Å². The van der Waals surface area contributed by atoms with E-state index in [1.54, 1.807) is 0 Å². The molecule has 0 saturated heterocycles. The van der Waals surface area contributed by atoms with Crippen LogP contribution in [0.4, 0.5) is 0 Å². The molecule has 0 aromatic carbocycles. The van der Waals surface area contributed by atoms with Crippen molar-refractivity contribution in [2.24, 2.45) is 5.92 Å². The van der Waals surface area contributed by atoms with Gasteiger partial charge in [-0.2, -0.15) is 0 Å². The van der Waals surface area contributed by atoms with Crippen molar-refractivity contribution in [2.75, 3.05) is 13.6 Å². The second kappa shape index (κ2) is 7.63. The van der Waals surface area contributed by atoms with E-state index < -0.39 is 0 Å². The first-order valence-corrected chi connectivity index (χ1v) is 7.97. The van der Waals surface area contributed by atoms with Crippen molar-refractivity contribution in [2.45, 2.75) is 58.0 Å². The van der Waals surface area contributed by atoms with Gasteiger partial charge in [0.05, 0.1) is 12.3 Å². The first-order valence-electron chi connectivity index (χ1n) is 7.97. The molecule has 1 N–H and O–H groups in total. The number of nitrogens with one attached hydrogen (secondary N) is 1. The summed E-state index contributed by atoms with van der Waals surface area (Å²) in [6.07, 6.45) is 10.7. The molecule has 1 aliphatic rings. The van der Waals surface area contributed by atoms with E-state index in [2.05, 4.69) is 37.3 Å². The van der Waals surface area contributed by atoms with Gasteiger partial charge in [0.25, 0.3) is 0 Å². The fourth-order valence-electron chi connectivity index (χ4n) is 3.30. The van der Waals surface area contributed by atoms with E-state index >= 15 is 0 Å². The highest BCUT2D eigenvalue weighted by atomic mass is 16.5. The molecule has 1 heterocycles. The summed E-state index contributed by atoms with van der Waals surface area (Å²) in [7, 11) is 2.05. The smallest absolute Gasteiger partial charge is 0.138 e. The van der Waals surface area contributed by atoms with Crippen LogP contribution in [0.5, 0.6) is 5.75 Å². The summed E-state index contributed by atoms with van der Waals surface area (Å²) >= 11 is 0. The Morgan fingerprint density at radius 1 is 1.25 bits per heavy atom. The summed E-state index contributed by atoms with van der Waals surface area (Å²) < 4.78 is 5.79. The van der Waals surface area contributed by atoms with Crippen molar-refractivity contribution in [1.82, 2.24) is 10.3 Å². The Balaban J connectivity index is 2.17. The monoisotopic (exact) mass is 276 g/mol. The molecule has 2 rings (SSSR count). The number of rotatable bonds is 5. The molecule has 2 atom stereocenters. The Morgan fingerprint density at radius 2 is 2.05 bits per heavy atom. The second-order valence-corrected chi connectivity index (χ2v) is 6.18. The average Bonchev–Trinajstić information content (AvgIpc) is 2.64. The van der Waals surface area contributed by atoms with Crippen molar-refractivity contribution in [1.29, 1.82) is 0 Å². The number of hydrogen-bond acceptors (Lipinski definition) is 3. The SMILES string of the molecule is CNCC1CCCCCC1c1cncc(OC(C)C)c1. The van der Waals surface area contributed by atoms with E-state index in [0.29, 0.717) is 5.92 Å². The zero-order valence-electron chi connectivity index (χ0n) is 13.1. The Hall–Kier alpha value is -1.09. The van der Waals surface area contributed by atoms with Crippen LogP contribution in [0.2, 0.25) is 0 Å². The normalized spacial score (nSPS) is 23.6. The largest absolute Gasteiger partial charge is 0.489 e. The third kappa shape index (κ3) is 4.20. The molecule has 1 aromatic heterocycles. The van der Waals surface area contributed by atoms with Gasteiger partial charge in [0.2, 0.25) is 0 Å². The number of nitrogens with zero attached hydrogens (tertiary/aromatic N) is 1. The lowest BCUT2D eigenvalue weighted by Gasteiger charge is -2.25. The maximum Gasteiger partial charge on any atom is 0.138 e. The minimum Gasteiger partial charge on any atom is -0.489 e. The van der Waals surface area contributed by atoms with E-state index in [0.717, 1.165) is 18.2 Å². The van der Waals surface area contributed by atoms with Crippen molar-refractivity contribution < 1.29 is 4.74 Å². The molecule has 0 spiro atoms. The minimum atomic E-state index is 0.203. The van der Waals surface area contributed by atoms with Crippen LogP contribution in [0, 0.1) is 5.92 Å². The summed E-state index contributed by atoms with van der Waals surface area (Å²) in [5.74, 6) is 2.25. The predicted molar refractivity (Wildman–Crippen MR) is 83.2 cm³/mol. The molecule has 0 amide bonds. The molecule has 20 heavy (non-hydrogen) atoms. The van der Waals surface area contributed by atoms with Gasteiger partial charge >= 0.3 is 0 Å². The first-order chi connectivity index (χ1) is 9.70. The van der Waals surface area contributed by atoms with Crippen LogP contribution in [-0.4, -0.2) is 24.7 Å². The van der Waals surface area contributed by atoms with Crippen LogP contribution in [0.1, 0.15) is 57.4 Å². The van der Waals surface area contributed by atoms with Crippen molar-refractivity contribution in [3.05, 3.63) is 24.0 Å². The third-order valence-corrected chi connectivity index (χ3v) is 4.16. The second-order valence-electron chi connectivity index (χ2n) is 6.18. The number of aromatic nitrogens is 1. The molecule has 2 unspecified atom stereocenters. The summed E-state index contributed by atoms with van der Waals surface area (Å²) in [5.41, 5.74) is 1.35. The molecule has 3 nitrogen and oxygen atoms in total. The van der Waals surface area contributed by atoms with Gasteiger partial charge < -0.3 is 10.1 Å². The van der Waals surface area contributed by atoms with Crippen LogP contribution in [-0.2, 0) is 0 Å². The standard InChI is InChI=1S/C17H28N2O/c1-13(2)20-16-9-15(11-19-12-16)17-8-6-4-5-7-14(17)10-18-3/h9,11-14,17-18H,4-8,10H2,1-3H3. The van der Waals surface area contributed by atoms with Crippen LogP contribution in [0.3, 0.4) is 0 Å². The van der Waals surface area contributed by atoms with Crippen molar-refractivity contribution in [3.63, 3.8) is 0 Å². The van der Waals surface area contributed by atoms with E-state index in [1.807, 2.05) is 12.4 Å². The fraction of sp³-hybridized carbons (Fsp3) is 0.706. The highest BCUT2D eigenvalue weighted by Crippen LogP contribution is 2.37. The highest BCUT2D eigenvalue weighted by molar-refractivity contribution is 5.27. The lowest BCUT2D eigenvalue weighted by Crippen LogP contribution is -2.24. The van der Waals surface area contributed by atoms with Gasteiger partial charge in [0.15, 0.2) is 0 Å². The van der Waals surface area contributed by atoms with Gasteiger partial charge in [-0.05, 0) is 63.7 Å². The van der Waals surface area contributed by atoms with Gasteiger partial charge in [0.1, 0.15) is 5.75 Å². The molecular formula is C17H28N2O. The summed E-state index contributed by atoms with van der Waals surface area (Å²) in [4.78, 5) is 4.39. The van der Waals surface area contributed by atoms with E-state index in [-0.39, 0.29) is 6.10 Å². The van der Waals surface area contributed by atoms with Crippen molar-refractivity contribution >= 4 is 0 Å². The molecular weight excluding hydrogens is 248 g/mol. The van der Waals surface area contributed by atoms with Gasteiger partial charge in [0, 0.05) is 6.20 Å². The molecule has 3 heteroatoms. The zero-order chi connectivity index (χ0) is 14.4. The Labute approximate surface area is 123 Å². The molecule has 1 aliphatic carbocycles. The maximum atomic E-state index is 5.79. The lowest BCUT2D eigenvalue weighted by molar-refractivity contribution is 0.240. The fourth-order valence-corrected chi connectivity index (χ4v) is 3.30. The quantitative estimate of drug-likeness (QED) is 0.832. The number of ether oxygens (including phenoxy) is 1. The van der Waals surface area contributed by atoms with Gasteiger partial charge in [-0.3, -0.25) is 4.98 Å². The first kappa shape index (κ1) is 15.3. The molecule has 1 saturated carbocycles. The minimum absolute atomic E-state index is 0.203.